The Morgan fingerprint density at radius 1 is 1.39 bits per heavy atom. The lowest BCUT2D eigenvalue weighted by Gasteiger charge is -2.18. The van der Waals surface area contributed by atoms with Crippen LogP contribution in [0.1, 0.15) is 12.8 Å². The van der Waals surface area contributed by atoms with Crippen molar-refractivity contribution in [3.8, 4) is 0 Å². The van der Waals surface area contributed by atoms with Crippen molar-refractivity contribution in [3.63, 3.8) is 0 Å². The number of aliphatic carboxylic acids is 2. The number of amides is 1. The number of hydrogen-bond donors (Lipinski definition) is 5. The first kappa shape index (κ1) is 15.7. The average molecular weight is 260 g/mol. The summed E-state index contributed by atoms with van der Waals surface area (Å²) in [6, 6.07) is -1.27. The molecule has 0 fully saturated rings. The van der Waals surface area contributed by atoms with E-state index in [0.29, 0.717) is 0 Å². The molecule has 18 heavy (non-hydrogen) atoms. The maximum atomic E-state index is 11.4. The number of carboxylic acids is 2. The van der Waals surface area contributed by atoms with Gasteiger partial charge in [0.15, 0.2) is 5.96 Å². The number of carbonyl (C=O) groups excluding carboxylic acids is 1. The summed E-state index contributed by atoms with van der Waals surface area (Å²) in [6.45, 7) is -0.272. The van der Waals surface area contributed by atoms with Gasteiger partial charge in [-0.25, -0.2) is 4.79 Å². The lowest BCUT2D eigenvalue weighted by Crippen LogP contribution is -2.47. The number of guanidine groups is 1. The normalized spacial score (nSPS) is 11.4. The summed E-state index contributed by atoms with van der Waals surface area (Å²) in [5.41, 5.74) is 5.11. The second kappa shape index (κ2) is 7.09. The van der Waals surface area contributed by atoms with Gasteiger partial charge in [0.1, 0.15) is 6.04 Å². The Labute approximate surface area is 103 Å². The molecule has 0 aromatic rings. The van der Waals surface area contributed by atoms with Crippen molar-refractivity contribution in [3.05, 3.63) is 0 Å². The summed E-state index contributed by atoms with van der Waals surface area (Å²) in [5.74, 6) is -3.43. The second-order valence-electron chi connectivity index (χ2n) is 3.63. The second-order valence-corrected chi connectivity index (χ2v) is 3.63. The Bertz CT molecular complexity index is 357. The fourth-order valence-electron chi connectivity index (χ4n) is 1.07. The molecule has 0 aliphatic heterocycles. The first-order valence-electron chi connectivity index (χ1n) is 5.03. The van der Waals surface area contributed by atoms with Gasteiger partial charge in [0.2, 0.25) is 5.91 Å². The third-order valence-corrected chi connectivity index (χ3v) is 2.07. The zero-order valence-electron chi connectivity index (χ0n) is 9.84. The lowest BCUT2D eigenvalue weighted by atomic mass is 10.1. The van der Waals surface area contributed by atoms with E-state index in [-0.39, 0.29) is 25.3 Å². The van der Waals surface area contributed by atoms with Crippen molar-refractivity contribution >= 4 is 23.8 Å². The first-order valence-corrected chi connectivity index (χ1v) is 5.03. The van der Waals surface area contributed by atoms with E-state index in [0.717, 1.165) is 4.90 Å². The van der Waals surface area contributed by atoms with E-state index >= 15 is 0 Å². The number of hydrogen-bond acceptors (Lipinski definition) is 4. The number of rotatable bonds is 7. The number of nitrogens with two attached hydrogens (primary N) is 1. The number of likely N-dealkylation sites (N-methyl/N-ethyl adjacent to an activating group) is 1. The average Bonchev–Trinajstić information content (AvgIpc) is 2.23. The van der Waals surface area contributed by atoms with Gasteiger partial charge < -0.3 is 26.2 Å². The van der Waals surface area contributed by atoms with Crippen LogP contribution in [0.3, 0.4) is 0 Å². The van der Waals surface area contributed by atoms with Gasteiger partial charge in [-0.15, -0.1) is 0 Å². The highest BCUT2D eigenvalue weighted by atomic mass is 16.4. The van der Waals surface area contributed by atoms with Crippen molar-refractivity contribution in [2.75, 3.05) is 13.6 Å². The SMILES string of the molecule is CN(CC(=O)N[C@@H](CCC(=O)O)C(=O)O)C(=N)N. The number of carbonyl (C=O) groups is 3. The molecule has 0 saturated carbocycles. The third-order valence-electron chi connectivity index (χ3n) is 2.07. The molecule has 0 aliphatic rings. The van der Waals surface area contributed by atoms with Crippen molar-refractivity contribution in [2.45, 2.75) is 18.9 Å². The quantitative estimate of drug-likeness (QED) is 0.268. The Morgan fingerprint density at radius 2 is 1.94 bits per heavy atom. The van der Waals surface area contributed by atoms with E-state index in [9.17, 15) is 14.4 Å². The molecule has 1 atom stereocenters. The highest BCUT2D eigenvalue weighted by Gasteiger charge is 2.21. The highest BCUT2D eigenvalue weighted by Crippen LogP contribution is 1.98. The van der Waals surface area contributed by atoms with E-state index in [1.165, 1.54) is 7.05 Å². The number of nitrogens with zero attached hydrogens (tertiary/aromatic N) is 1. The van der Waals surface area contributed by atoms with Gasteiger partial charge in [-0.2, -0.15) is 0 Å². The van der Waals surface area contributed by atoms with E-state index in [4.69, 9.17) is 21.4 Å². The maximum absolute atomic E-state index is 11.4. The van der Waals surface area contributed by atoms with E-state index in [1.54, 1.807) is 0 Å². The molecule has 0 spiro atoms. The van der Waals surface area contributed by atoms with Gasteiger partial charge in [0.25, 0.3) is 0 Å². The summed E-state index contributed by atoms with van der Waals surface area (Å²) >= 11 is 0. The van der Waals surface area contributed by atoms with E-state index < -0.39 is 23.9 Å². The molecule has 0 heterocycles. The lowest BCUT2D eigenvalue weighted by molar-refractivity contribution is -0.143. The molecule has 0 aliphatic carbocycles. The van der Waals surface area contributed by atoms with Crippen LogP contribution in [0.4, 0.5) is 0 Å². The monoisotopic (exact) mass is 260 g/mol. The first-order chi connectivity index (χ1) is 8.23. The predicted molar refractivity (Wildman–Crippen MR) is 61.0 cm³/mol. The van der Waals surface area contributed by atoms with Gasteiger partial charge in [0, 0.05) is 13.5 Å². The molecule has 0 radical (unpaired) electrons. The molecule has 0 bridgehead atoms. The Hall–Kier alpha value is -2.32. The molecule has 6 N–H and O–H groups in total. The van der Waals surface area contributed by atoms with Crippen LogP contribution < -0.4 is 11.1 Å². The van der Waals surface area contributed by atoms with Gasteiger partial charge in [-0.05, 0) is 6.42 Å². The highest BCUT2D eigenvalue weighted by molar-refractivity contribution is 5.87. The molecule has 0 aromatic heterocycles. The summed E-state index contributed by atoms with van der Waals surface area (Å²) < 4.78 is 0. The zero-order valence-corrected chi connectivity index (χ0v) is 9.84. The van der Waals surface area contributed by atoms with Crippen LogP contribution in [0.15, 0.2) is 0 Å². The molecule has 9 nitrogen and oxygen atoms in total. The molecular formula is C9H16N4O5. The Balaban J connectivity index is 4.32. The van der Waals surface area contributed by atoms with Crippen molar-refractivity contribution in [1.82, 2.24) is 10.2 Å². The van der Waals surface area contributed by atoms with Gasteiger partial charge >= 0.3 is 11.9 Å². The maximum Gasteiger partial charge on any atom is 0.326 e. The summed E-state index contributed by atoms with van der Waals surface area (Å²) in [5, 5.41) is 26.4. The van der Waals surface area contributed by atoms with Crippen LogP contribution in [-0.4, -0.2) is 58.6 Å². The smallest absolute Gasteiger partial charge is 0.326 e. The van der Waals surface area contributed by atoms with Crippen molar-refractivity contribution in [2.24, 2.45) is 5.73 Å². The van der Waals surface area contributed by atoms with Crippen LogP contribution in [0.2, 0.25) is 0 Å². The molecule has 0 unspecified atom stereocenters. The van der Waals surface area contributed by atoms with Crippen molar-refractivity contribution < 1.29 is 24.6 Å². The topological polar surface area (TPSA) is 157 Å². The summed E-state index contributed by atoms with van der Waals surface area (Å²) in [6.07, 6.45) is -0.569. The molecule has 0 saturated heterocycles. The largest absolute Gasteiger partial charge is 0.481 e. The van der Waals surface area contributed by atoms with E-state index in [1.807, 2.05) is 0 Å². The van der Waals surface area contributed by atoms with Gasteiger partial charge in [-0.3, -0.25) is 15.0 Å². The molecule has 0 rings (SSSR count). The predicted octanol–water partition coefficient (Wildman–Crippen LogP) is -1.75. The van der Waals surface area contributed by atoms with Crippen LogP contribution in [0, 0.1) is 5.41 Å². The van der Waals surface area contributed by atoms with Crippen LogP contribution in [-0.2, 0) is 14.4 Å². The molecule has 1 amide bonds. The molecule has 0 aromatic carbocycles. The van der Waals surface area contributed by atoms with Crippen LogP contribution in [0.5, 0.6) is 0 Å². The van der Waals surface area contributed by atoms with Gasteiger partial charge in [0.05, 0.1) is 6.54 Å². The summed E-state index contributed by atoms with van der Waals surface area (Å²) in [7, 11) is 1.40. The fraction of sp³-hybridized carbons (Fsp3) is 0.556. The minimum absolute atomic E-state index is 0.208. The standard InChI is InChI=1S/C9H16N4O5/c1-13(9(10)11)4-6(14)12-5(8(17)18)2-3-7(15)16/h5H,2-4H2,1H3,(H3,10,11)(H,12,14)(H,15,16)(H,17,18)/t5-/m0/s1. The minimum atomic E-state index is -1.31. The molecule has 102 valence electrons. The summed E-state index contributed by atoms with van der Waals surface area (Å²) in [4.78, 5) is 33.6. The number of carboxylic acid groups (broad SMARTS) is 2. The Morgan fingerprint density at radius 3 is 2.33 bits per heavy atom. The molecule has 9 heteroatoms. The number of nitrogens with one attached hydrogen (secondary N) is 2. The van der Waals surface area contributed by atoms with Crippen molar-refractivity contribution in [1.29, 1.82) is 5.41 Å². The van der Waals surface area contributed by atoms with Gasteiger partial charge in [-0.1, -0.05) is 0 Å². The fourth-order valence-corrected chi connectivity index (χ4v) is 1.07. The van der Waals surface area contributed by atoms with Crippen LogP contribution in [0.25, 0.3) is 0 Å². The van der Waals surface area contributed by atoms with Crippen LogP contribution >= 0.6 is 0 Å². The minimum Gasteiger partial charge on any atom is -0.481 e. The zero-order chi connectivity index (χ0) is 14.3. The molecular weight excluding hydrogens is 244 g/mol. The third kappa shape index (κ3) is 6.30. The van der Waals surface area contributed by atoms with E-state index in [2.05, 4.69) is 5.32 Å². The Kier molecular flexibility index (Phi) is 6.18.